The highest BCUT2D eigenvalue weighted by atomic mass is 19.2. The van der Waals surface area contributed by atoms with Crippen molar-refractivity contribution in [2.75, 3.05) is 0 Å². The number of rotatable bonds is 4. The van der Waals surface area contributed by atoms with Crippen LogP contribution in [0.25, 0.3) is 0 Å². The van der Waals surface area contributed by atoms with Crippen molar-refractivity contribution >= 4 is 5.78 Å². The van der Waals surface area contributed by atoms with Crippen LogP contribution in [0.15, 0.2) is 0 Å². The summed E-state index contributed by atoms with van der Waals surface area (Å²) in [6.45, 7) is 7.46. The summed E-state index contributed by atoms with van der Waals surface area (Å²) in [4.78, 5) is 11.9. The molecule has 0 aromatic heterocycles. The number of hydrogen-bond acceptors (Lipinski definition) is 1. The minimum absolute atomic E-state index is 0.115. The van der Waals surface area contributed by atoms with Crippen LogP contribution in [0.1, 0.15) is 50.9 Å². The van der Waals surface area contributed by atoms with Gasteiger partial charge in [0.05, 0.1) is 5.56 Å². The molecule has 0 saturated carbocycles. The van der Waals surface area contributed by atoms with E-state index in [4.69, 9.17) is 0 Å². The molecule has 0 heterocycles. The van der Waals surface area contributed by atoms with Crippen molar-refractivity contribution in [2.24, 2.45) is 11.3 Å². The Morgan fingerprint density at radius 2 is 1.29 bits per heavy atom. The average molecular weight is 308 g/mol. The summed E-state index contributed by atoms with van der Waals surface area (Å²) in [6.07, 6.45) is 0.295. The number of halogens is 5. The highest BCUT2D eigenvalue weighted by molar-refractivity contribution is 5.96. The lowest BCUT2D eigenvalue weighted by Gasteiger charge is -2.22. The van der Waals surface area contributed by atoms with Crippen LogP contribution in [0.3, 0.4) is 0 Å². The number of carbonyl (C=O) groups excluding carboxylic acids is 1. The van der Waals surface area contributed by atoms with Crippen LogP contribution in [0.5, 0.6) is 0 Å². The Balaban J connectivity index is 3.09. The van der Waals surface area contributed by atoms with Gasteiger partial charge < -0.3 is 0 Å². The Morgan fingerprint density at radius 3 is 1.67 bits per heavy atom. The van der Waals surface area contributed by atoms with Crippen molar-refractivity contribution in [1.29, 1.82) is 0 Å². The first kappa shape index (κ1) is 17.6. The Kier molecular flexibility index (Phi) is 5.12. The standard InChI is InChI=1S/C15H17F5O/c1-7(6-15(2,3)4)5-8(21)9-10(16)12(18)14(20)13(19)11(9)17/h7H,5-6H2,1-4H3. The van der Waals surface area contributed by atoms with Crippen LogP contribution in [0.4, 0.5) is 22.0 Å². The maximum absolute atomic E-state index is 13.5. The molecule has 0 aliphatic heterocycles. The maximum Gasteiger partial charge on any atom is 0.200 e. The second-order valence-electron chi connectivity index (χ2n) is 6.44. The van der Waals surface area contributed by atoms with E-state index in [1.54, 1.807) is 6.92 Å². The predicted molar refractivity (Wildman–Crippen MR) is 68.4 cm³/mol. The minimum Gasteiger partial charge on any atom is -0.294 e. The zero-order valence-electron chi connectivity index (χ0n) is 12.3. The topological polar surface area (TPSA) is 17.1 Å². The first-order chi connectivity index (χ1) is 9.45. The molecule has 0 N–H and O–H groups in total. The third-order valence-electron chi connectivity index (χ3n) is 2.98. The molecule has 1 unspecified atom stereocenters. The zero-order chi connectivity index (χ0) is 16.5. The Morgan fingerprint density at radius 1 is 0.905 bits per heavy atom. The fourth-order valence-electron chi connectivity index (χ4n) is 2.39. The molecule has 1 rings (SSSR count). The van der Waals surface area contributed by atoms with Crippen LogP contribution in [-0.2, 0) is 0 Å². The van der Waals surface area contributed by atoms with E-state index in [1.165, 1.54) is 0 Å². The molecule has 0 aliphatic carbocycles. The third kappa shape index (κ3) is 4.02. The molecular formula is C15H17F5O. The summed E-state index contributed by atoms with van der Waals surface area (Å²) in [5, 5.41) is 0. The SMILES string of the molecule is CC(CC(=O)c1c(F)c(F)c(F)c(F)c1F)CC(C)(C)C. The lowest BCUT2D eigenvalue weighted by molar-refractivity contribution is 0.0942. The maximum atomic E-state index is 13.5. The molecule has 1 nitrogen and oxygen atoms in total. The predicted octanol–water partition coefficient (Wildman–Crippen LogP) is 5.03. The second kappa shape index (κ2) is 6.12. The molecule has 1 aromatic carbocycles. The van der Waals surface area contributed by atoms with Gasteiger partial charge >= 0.3 is 0 Å². The van der Waals surface area contributed by atoms with E-state index < -0.39 is 40.4 Å². The number of carbonyl (C=O) groups is 1. The van der Waals surface area contributed by atoms with E-state index in [-0.39, 0.29) is 17.8 Å². The normalized spacial score (nSPS) is 13.4. The third-order valence-corrected chi connectivity index (χ3v) is 2.98. The lowest BCUT2D eigenvalue weighted by Crippen LogP contribution is -2.18. The van der Waals surface area contributed by atoms with Crippen molar-refractivity contribution in [2.45, 2.75) is 40.5 Å². The van der Waals surface area contributed by atoms with Crippen LogP contribution in [0, 0.1) is 40.4 Å². The summed E-state index contributed by atoms with van der Waals surface area (Å²) >= 11 is 0. The van der Waals surface area contributed by atoms with Gasteiger partial charge in [-0.2, -0.15) is 0 Å². The molecule has 118 valence electrons. The van der Waals surface area contributed by atoms with Crippen LogP contribution >= 0.6 is 0 Å². The molecule has 0 radical (unpaired) electrons. The smallest absolute Gasteiger partial charge is 0.200 e. The minimum atomic E-state index is -2.26. The van der Waals surface area contributed by atoms with Crippen molar-refractivity contribution in [3.63, 3.8) is 0 Å². The molecule has 1 aromatic rings. The van der Waals surface area contributed by atoms with Crippen molar-refractivity contribution < 1.29 is 26.7 Å². The number of ketones is 1. The highest BCUT2D eigenvalue weighted by Crippen LogP contribution is 2.29. The van der Waals surface area contributed by atoms with Gasteiger partial charge in [0.25, 0.3) is 0 Å². The fourth-order valence-corrected chi connectivity index (χ4v) is 2.39. The average Bonchev–Trinajstić information content (AvgIpc) is 2.31. The van der Waals surface area contributed by atoms with Crippen molar-refractivity contribution in [1.82, 2.24) is 0 Å². The molecule has 0 spiro atoms. The van der Waals surface area contributed by atoms with Gasteiger partial charge in [-0.1, -0.05) is 27.7 Å². The van der Waals surface area contributed by atoms with E-state index >= 15 is 0 Å². The van der Waals surface area contributed by atoms with Gasteiger partial charge in [0, 0.05) is 6.42 Å². The molecule has 0 amide bonds. The molecule has 0 fully saturated rings. The Hall–Kier alpha value is -1.46. The fraction of sp³-hybridized carbons (Fsp3) is 0.533. The summed E-state index contributed by atoms with van der Waals surface area (Å²) < 4.78 is 66.0. The first-order valence-corrected chi connectivity index (χ1v) is 6.50. The van der Waals surface area contributed by atoms with Gasteiger partial charge in [0.2, 0.25) is 5.82 Å². The number of hydrogen-bond donors (Lipinski definition) is 0. The van der Waals surface area contributed by atoms with E-state index in [9.17, 15) is 26.7 Å². The van der Waals surface area contributed by atoms with Crippen molar-refractivity contribution in [3.8, 4) is 0 Å². The largest absolute Gasteiger partial charge is 0.294 e. The van der Waals surface area contributed by atoms with Gasteiger partial charge in [-0.15, -0.1) is 0 Å². The lowest BCUT2D eigenvalue weighted by atomic mass is 9.83. The molecule has 0 aliphatic rings. The van der Waals surface area contributed by atoms with E-state index in [0.717, 1.165) is 0 Å². The second-order valence-corrected chi connectivity index (χ2v) is 6.44. The van der Waals surface area contributed by atoms with Crippen molar-refractivity contribution in [3.05, 3.63) is 34.6 Å². The molecule has 21 heavy (non-hydrogen) atoms. The van der Waals surface area contributed by atoms with Gasteiger partial charge in [-0.3, -0.25) is 4.79 Å². The summed E-state index contributed by atoms with van der Waals surface area (Å²) in [6, 6.07) is 0. The van der Waals surface area contributed by atoms with Crippen LogP contribution in [0.2, 0.25) is 0 Å². The van der Waals surface area contributed by atoms with Crippen LogP contribution < -0.4 is 0 Å². The first-order valence-electron chi connectivity index (χ1n) is 6.50. The Bertz CT molecular complexity index is 531. The summed E-state index contributed by atoms with van der Waals surface area (Å²) in [5.74, 6) is -11.9. The van der Waals surface area contributed by atoms with Crippen LogP contribution in [-0.4, -0.2) is 5.78 Å². The number of benzene rings is 1. The van der Waals surface area contributed by atoms with Gasteiger partial charge in [-0.25, -0.2) is 22.0 Å². The highest BCUT2D eigenvalue weighted by Gasteiger charge is 2.30. The van der Waals surface area contributed by atoms with Gasteiger partial charge in [0.1, 0.15) is 0 Å². The zero-order valence-corrected chi connectivity index (χ0v) is 12.3. The summed E-state index contributed by atoms with van der Waals surface area (Å²) in [5.41, 5.74) is -1.47. The number of Topliss-reactive ketones (excluding diaryl/α,β-unsaturated/α-hetero) is 1. The molecule has 6 heteroatoms. The Labute approximate surface area is 120 Å². The molecule has 1 atom stereocenters. The molecular weight excluding hydrogens is 291 g/mol. The molecule has 0 saturated heterocycles. The molecule has 0 bridgehead atoms. The van der Waals surface area contributed by atoms with Gasteiger partial charge in [0.15, 0.2) is 29.1 Å². The van der Waals surface area contributed by atoms with Gasteiger partial charge in [-0.05, 0) is 17.8 Å². The van der Waals surface area contributed by atoms with E-state index in [1.807, 2.05) is 20.8 Å². The van der Waals surface area contributed by atoms with E-state index in [0.29, 0.717) is 6.42 Å². The quantitative estimate of drug-likeness (QED) is 0.330. The summed E-state index contributed by atoms with van der Waals surface area (Å²) in [7, 11) is 0. The van der Waals surface area contributed by atoms with E-state index in [2.05, 4.69) is 0 Å². The monoisotopic (exact) mass is 308 g/mol.